The molecule has 0 spiro atoms. The summed E-state index contributed by atoms with van der Waals surface area (Å²) < 4.78 is 2.66. The molecule has 0 saturated carbocycles. The third-order valence-electron chi connectivity index (χ3n) is 9.51. The Hall–Kier alpha value is -6.23. The molecule has 2 heterocycles. The van der Waals surface area contributed by atoms with Crippen molar-refractivity contribution in [2.75, 3.05) is 0 Å². The Bertz CT molecular complexity index is 2820. The fourth-order valence-electron chi connectivity index (χ4n) is 7.22. The topological polar surface area (TPSA) is 38.7 Å². The van der Waals surface area contributed by atoms with Gasteiger partial charge in [-0.1, -0.05) is 146 Å². The third-order valence-corrected chi connectivity index (χ3v) is 10.6. The van der Waals surface area contributed by atoms with Gasteiger partial charge < -0.3 is 0 Å². The second-order valence-electron chi connectivity index (χ2n) is 12.4. The van der Waals surface area contributed by atoms with Crippen LogP contribution in [0.4, 0.5) is 0 Å². The number of hydrogen-bond acceptors (Lipinski definition) is 4. The summed E-state index contributed by atoms with van der Waals surface area (Å²) in [6.45, 7) is 0. The lowest BCUT2D eigenvalue weighted by atomic mass is 9.92. The first-order chi connectivity index (χ1) is 24.3. The van der Waals surface area contributed by atoms with E-state index in [2.05, 4.69) is 103 Å². The van der Waals surface area contributed by atoms with Gasteiger partial charge in [-0.25, -0.2) is 15.0 Å². The molecule has 0 atom stereocenters. The van der Waals surface area contributed by atoms with Gasteiger partial charge in [-0.15, -0.1) is 11.3 Å². The van der Waals surface area contributed by atoms with Crippen molar-refractivity contribution in [1.29, 1.82) is 0 Å². The lowest BCUT2D eigenvalue weighted by Gasteiger charge is -2.14. The summed E-state index contributed by atoms with van der Waals surface area (Å²) in [6, 6.07) is 58.0. The number of nitrogens with zero attached hydrogens (tertiary/aromatic N) is 3. The minimum absolute atomic E-state index is 0.653. The van der Waals surface area contributed by atoms with Crippen LogP contribution in [0.3, 0.4) is 0 Å². The first-order valence-corrected chi connectivity index (χ1v) is 17.3. The number of rotatable bonds is 4. The van der Waals surface area contributed by atoms with Crippen molar-refractivity contribution in [2.45, 2.75) is 0 Å². The van der Waals surface area contributed by atoms with Crippen LogP contribution < -0.4 is 0 Å². The number of benzene rings is 8. The quantitative estimate of drug-likeness (QED) is 0.180. The molecule has 228 valence electrons. The van der Waals surface area contributed by atoms with Crippen molar-refractivity contribution in [3.63, 3.8) is 0 Å². The van der Waals surface area contributed by atoms with Gasteiger partial charge in [0.05, 0.1) is 0 Å². The molecule has 49 heavy (non-hydrogen) atoms. The van der Waals surface area contributed by atoms with Gasteiger partial charge in [0.1, 0.15) is 0 Å². The predicted octanol–water partition coefficient (Wildman–Crippen LogP) is 12.4. The Morgan fingerprint density at radius 1 is 0.327 bits per heavy atom. The van der Waals surface area contributed by atoms with Gasteiger partial charge in [-0.2, -0.15) is 0 Å². The first kappa shape index (κ1) is 27.8. The fraction of sp³-hybridized carbons (Fsp3) is 0. The summed E-state index contributed by atoms with van der Waals surface area (Å²) in [4.78, 5) is 15.0. The highest BCUT2D eigenvalue weighted by molar-refractivity contribution is 7.26. The molecule has 0 bridgehead atoms. The molecule has 0 aliphatic carbocycles. The van der Waals surface area contributed by atoms with Crippen LogP contribution in [-0.4, -0.2) is 15.0 Å². The van der Waals surface area contributed by atoms with Crippen LogP contribution in [0.1, 0.15) is 0 Å². The van der Waals surface area contributed by atoms with E-state index in [0.29, 0.717) is 17.5 Å². The average Bonchev–Trinajstić information content (AvgIpc) is 3.57. The Labute approximate surface area is 286 Å². The van der Waals surface area contributed by atoms with Crippen molar-refractivity contribution in [2.24, 2.45) is 0 Å². The second kappa shape index (κ2) is 11.2. The molecule has 0 unspecified atom stereocenters. The van der Waals surface area contributed by atoms with Crippen LogP contribution >= 0.6 is 11.3 Å². The number of hydrogen-bond donors (Lipinski definition) is 0. The summed E-state index contributed by atoms with van der Waals surface area (Å²) >= 11 is 1.87. The van der Waals surface area contributed by atoms with E-state index in [1.54, 1.807) is 0 Å². The molecule has 0 aliphatic heterocycles. The molecule has 2 aromatic heterocycles. The highest BCUT2D eigenvalue weighted by Gasteiger charge is 2.17. The van der Waals surface area contributed by atoms with Gasteiger partial charge in [0, 0.05) is 36.9 Å². The molecule has 0 radical (unpaired) electrons. The van der Waals surface area contributed by atoms with E-state index in [1.807, 2.05) is 72.0 Å². The van der Waals surface area contributed by atoms with Crippen LogP contribution in [-0.2, 0) is 0 Å². The maximum absolute atomic E-state index is 5.04. The summed E-state index contributed by atoms with van der Waals surface area (Å²) in [5, 5.41) is 10.3. The van der Waals surface area contributed by atoms with Gasteiger partial charge in [0.25, 0.3) is 0 Å². The zero-order valence-electron chi connectivity index (χ0n) is 26.3. The number of fused-ring (bicyclic) bond motifs is 9. The van der Waals surface area contributed by atoms with Gasteiger partial charge in [0.2, 0.25) is 0 Å². The zero-order chi connectivity index (χ0) is 32.3. The Balaban J connectivity index is 1.16. The second-order valence-corrected chi connectivity index (χ2v) is 13.5. The molecular weight excluding hydrogens is 615 g/mol. The average molecular weight is 642 g/mol. The molecule has 3 nitrogen and oxygen atoms in total. The largest absolute Gasteiger partial charge is 0.208 e. The number of thiophene rings is 1. The van der Waals surface area contributed by atoms with Crippen LogP contribution in [0, 0.1) is 0 Å². The Morgan fingerprint density at radius 3 is 1.67 bits per heavy atom. The molecule has 4 heteroatoms. The van der Waals surface area contributed by atoms with Crippen LogP contribution in [0.15, 0.2) is 164 Å². The standard InChI is InChI=1S/C45H27N3S/c1-3-11-29(12-4-1)43-46-44(30-13-5-2-6-14-30)48-45(47-43)37-16-8-7-15-33(37)31-22-23-34-32(27-31)20-19-28-21-24-36-35(41(28)34)25-26-40-42(36)38-17-9-10-18-39(38)49-40/h1-27H. The lowest BCUT2D eigenvalue weighted by Crippen LogP contribution is -2.01. The van der Waals surface area contributed by atoms with Gasteiger partial charge in [0.15, 0.2) is 17.5 Å². The van der Waals surface area contributed by atoms with Crippen molar-refractivity contribution >= 4 is 63.8 Å². The molecule has 10 aromatic rings. The summed E-state index contributed by atoms with van der Waals surface area (Å²) in [6.07, 6.45) is 0. The van der Waals surface area contributed by atoms with Gasteiger partial charge in [-0.3, -0.25) is 0 Å². The molecule has 8 aromatic carbocycles. The van der Waals surface area contributed by atoms with Crippen LogP contribution in [0.2, 0.25) is 0 Å². The lowest BCUT2D eigenvalue weighted by molar-refractivity contribution is 1.07. The Morgan fingerprint density at radius 2 is 0.898 bits per heavy atom. The fourth-order valence-corrected chi connectivity index (χ4v) is 8.34. The number of aromatic nitrogens is 3. The summed E-state index contributed by atoms with van der Waals surface area (Å²) in [5.74, 6) is 1.96. The third kappa shape index (κ3) is 4.61. The maximum Gasteiger partial charge on any atom is 0.164 e. The summed E-state index contributed by atoms with van der Waals surface area (Å²) in [5.41, 5.74) is 5.09. The molecular formula is C45H27N3S. The van der Waals surface area contributed by atoms with E-state index in [1.165, 1.54) is 52.5 Å². The monoisotopic (exact) mass is 641 g/mol. The van der Waals surface area contributed by atoms with Crippen molar-refractivity contribution in [3.05, 3.63) is 164 Å². The van der Waals surface area contributed by atoms with Crippen molar-refractivity contribution in [1.82, 2.24) is 15.0 Å². The molecule has 0 amide bonds. The van der Waals surface area contributed by atoms with Gasteiger partial charge >= 0.3 is 0 Å². The van der Waals surface area contributed by atoms with E-state index < -0.39 is 0 Å². The SMILES string of the molecule is c1ccc(-c2nc(-c3ccccc3)nc(-c3ccccc3-c3ccc4c(ccc5ccc6c(ccc7sc8ccccc8c76)c54)c3)n2)cc1. The minimum atomic E-state index is 0.653. The molecule has 0 N–H and O–H groups in total. The van der Waals surface area contributed by atoms with E-state index >= 15 is 0 Å². The molecule has 10 rings (SSSR count). The Kier molecular flexibility index (Phi) is 6.36. The highest BCUT2D eigenvalue weighted by Crippen LogP contribution is 2.42. The maximum atomic E-state index is 5.04. The van der Waals surface area contributed by atoms with Crippen LogP contribution in [0.5, 0.6) is 0 Å². The molecule has 0 saturated heterocycles. The van der Waals surface area contributed by atoms with Crippen molar-refractivity contribution < 1.29 is 0 Å². The smallest absolute Gasteiger partial charge is 0.164 e. The normalized spacial score (nSPS) is 11.7. The predicted molar refractivity (Wildman–Crippen MR) is 207 cm³/mol. The van der Waals surface area contributed by atoms with E-state index in [9.17, 15) is 0 Å². The summed E-state index contributed by atoms with van der Waals surface area (Å²) in [7, 11) is 0. The minimum Gasteiger partial charge on any atom is -0.208 e. The first-order valence-electron chi connectivity index (χ1n) is 16.4. The van der Waals surface area contributed by atoms with E-state index in [0.717, 1.165) is 27.8 Å². The van der Waals surface area contributed by atoms with Gasteiger partial charge in [-0.05, 0) is 61.6 Å². The van der Waals surface area contributed by atoms with Crippen LogP contribution in [0.25, 0.3) is 97.8 Å². The van der Waals surface area contributed by atoms with E-state index in [4.69, 9.17) is 15.0 Å². The molecule has 0 fully saturated rings. The van der Waals surface area contributed by atoms with Crippen molar-refractivity contribution in [3.8, 4) is 45.3 Å². The molecule has 0 aliphatic rings. The van der Waals surface area contributed by atoms with E-state index in [-0.39, 0.29) is 0 Å². The zero-order valence-corrected chi connectivity index (χ0v) is 27.2. The highest BCUT2D eigenvalue weighted by atomic mass is 32.1.